The maximum absolute atomic E-state index is 13.9. The van der Waals surface area contributed by atoms with Gasteiger partial charge in [0.2, 0.25) is 5.91 Å². The van der Waals surface area contributed by atoms with Crippen LogP contribution in [0.25, 0.3) is 0 Å². The third-order valence-corrected chi connectivity index (χ3v) is 10.5. The Bertz CT molecular complexity index is 1630. The van der Waals surface area contributed by atoms with Crippen LogP contribution in [-0.4, -0.2) is 93.1 Å². The van der Waals surface area contributed by atoms with Crippen molar-refractivity contribution in [2.45, 2.75) is 130 Å². The molecule has 3 aliphatic carbocycles. The van der Waals surface area contributed by atoms with Crippen molar-refractivity contribution in [1.29, 1.82) is 0 Å². The molecule has 2 bridgehead atoms. The number of aliphatic hydroxyl groups is 1. The van der Waals surface area contributed by atoms with Crippen molar-refractivity contribution in [3.05, 3.63) is 40.7 Å². The average Bonchev–Trinajstić information content (AvgIpc) is 3.58. The van der Waals surface area contributed by atoms with E-state index in [9.17, 15) is 19.5 Å². The second-order valence-corrected chi connectivity index (χ2v) is 16.9. The lowest BCUT2D eigenvalue weighted by atomic mass is 9.43. The molecule has 2 amide bonds. The summed E-state index contributed by atoms with van der Waals surface area (Å²) in [5.41, 5.74) is -0.280. The van der Waals surface area contributed by atoms with Gasteiger partial charge in [0, 0.05) is 7.05 Å². The third kappa shape index (κ3) is 8.05. The van der Waals surface area contributed by atoms with Crippen molar-refractivity contribution in [1.82, 2.24) is 25.2 Å². The van der Waals surface area contributed by atoms with Crippen LogP contribution in [0.3, 0.4) is 0 Å². The molecule has 0 radical (unpaired) electrons. The van der Waals surface area contributed by atoms with Crippen LogP contribution < -0.4 is 10.1 Å². The van der Waals surface area contributed by atoms with Gasteiger partial charge in [-0.25, -0.2) is 14.3 Å². The van der Waals surface area contributed by atoms with E-state index >= 15 is 0 Å². The minimum atomic E-state index is -0.796. The normalized spacial score (nSPS) is 24.2. The summed E-state index contributed by atoms with van der Waals surface area (Å²) in [7, 11) is 2.25. The topological polar surface area (TPSA) is 164 Å². The van der Waals surface area contributed by atoms with Gasteiger partial charge in [-0.2, -0.15) is 0 Å². The van der Waals surface area contributed by atoms with Gasteiger partial charge >= 0.3 is 19.2 Å². The number of esters is 1. The number of nitrogens with one attached hydrogen (secondary N) is 1. The molecule has 2 N–H and O–H groups in total. The maximum atomic E-state index is 13.9. The number of aliphatic hydroxyl groups excluding tert-OH is 1. The lowest BCUT2D eigenvalue weighted by molar-refractivity contribution is -0.199. The number of amides is 2. The molecule has 51 heavy (non-hydrogen) atoms. The van der Waals surface area contributed by atoms with Gasteiger partial charge in [-0.1, -0.05) is 31.2 Å². The van der Waals surface area contributed by atoms with Gasteiger partial charge in [0.15, 0.2) is 0 Å². The highest BCUT2D eigenvalue weighted by Crippen LogP contribution is 2.65. The second kappa shape index (κ2) is 14.0. The maximum Gasteiger partial charge on any atom is 0.482 e. The van der Waals surface area contributed by atoms with Gasteiger partial charge in [-0.15, -0.1) is 5.10 Å². The number of rotatable bonds is 11. The van der Waals surface area contributed by atoms with Crippen LogP contribution in [0.4, 0.5) is 4.79 Å². The van der Waals surface area contributed by atoms with E-state index in [0.717, 1.165) is 12.8 Å². The summed E-state index contributed by atoms with van der Waals surface area (Å²) in [5.74, 6) is -0.465. The zero-order valence-corrected chi connectivity index (χ0v) is 31.9. The van der Waals surface area contributed by atoms with Gasteiger partial charge in [0.25, 0.3) is 0 Å². The molecule has 0 spiro atoms. The predicted octanol–water partition coefficient (Wildman–Crippen LogP) is 4.10. The van der Waals surface area contributed by atoms with Crippen LogP contribution in [0.5, 0.6) is 5.75 Å². The lowest BCUT2D eigenvalue weighted by Crippen LogP contribution is -2.65. The molecule has 1 aliphatic heterocycles. The monoisotopic (exact) mass is 711 g/mol. The zero-order chi connectivity index (χ0) is 37.7. The molecule has 6 rings (SSSR count). The number of carbonyl (C=O) groups is 3. The Balaban J connectivity index is 1.41. The molecule has 1 aromatic carbocycles. The number of benzene rings is 1. The van der Waals surface area contributed by atoms with E-state index in [1.165, 1.54) is 16.7 Å². The number of ether oxygens (including phenoxy) is 3. The Morgan fingerprint density at radius 1 is 1.12 bits per heavy atom. The molecule has 0 unspecified atom stereocenters. The first kappa shape index (κ1) is 38.5. The number of para-hydroxylation sites is 1. The Kier molecular flexibility index (Phi) is 10.6. The van der Waals surface area contributed by atoms with E-state index in [4.69, 9.17) is 23.5 Å². The molecule has 2 heterocycles. The van der Waals surface area contributed by atoms with Gasteiger partial charge in [0.1, 0.15) is 34.8 Å². The van der Waals surface area contributed by atoms with Crippen molar-refractivity contribution < 1.29 is 43.0 Å². The largest absolute Gasteiger partial charge is 0.496 e. The van der Waals surface area contributed by atoms with E-state index < -0.39 is 54.4 Å². The summed E-state index contributed by atoms with van der Waals surface area (Å²) in [4.78, 5) is 41.1. The summed E-state index contributed by atoms with van der Waals surface area (Å²) in [6, 6.07) is 5.24. The van der Waals surface area contributed by atoms with E-state index in [0.29, 0.717) is 28.8 Å². The van der Waals surface area contributed by atoms with E-state index in [-0.39, 0.29) is 42.3 Å². The molecule has 1 aromatic heterocycles. The molecule has 15 heteroatoms. The summed E-state index contributed by atoms with van der Waals surface area (Å²) in [6.45, 7) is 16.7. The highest BCUT2D eigenvalue weighted by Gasteiger charge is 2.68. The first-order chi connectivity index (χ1) is 23.7. The number of nitrogens with zero attached hydrogens (tertiary/aromatic N) is 4. The van der Waals surface area contributed by atoms with E-state index in [1.54, 1.807) is 60.7 Å². The lowest BCUT2D eigenvalue weighted by Gasteiger charge is -2.64. The number of aromatic nitrogens is 3. The molecule has 2 aromatic rings. The fourth-order valence-corrected chi connectivity index (χ4v) is 7.81. The number of methoxy groups -OCH3 is 1. The standard InChI is InChI=1S/C36H54BN5O9/c1-33(2,3)48-31(45)23-14-12-13-21(30(23)47-11)15-28(37-50-27-17-22-16-26(35(22,7)8)36(27,9)51-37)38-29(44)19-42-25(24(20-43)39-40-42)18-41(10)32(46)49-34(4,5)6/h12-14,22,26-28,43H,15-20H2,1-11H3,(H,38,44)/t22-,26-,27+,28-,36-/m0/s1. The van der Waals surface area contributed by atoms with Crippen LogP contribution in [0.2, 0.25) is 0 Å². The van der Waals surface area contributed by atoms with Gasteiger partial charge in [-0.05, 0) is 96.6 Å². The van der Waals surface area contributed by atoms with Gasteiger partial charge in [-0.3, -0.25) is 4.79 Å². The molecule has 1 saturated heterocycles. The number of carbonyl (C=O) groups excluding carboxylic acids is 3. The second-order valence-electron chi connectivity index (χ2n) is 16.9. The first-order valence-electron chi connectivity index (χ1n) is 17.6. The van der Waals surface area contributed by atoms with Gasteiger partial charge < -0.3 is 38.8 Å². The summed E-state index contributed by atoms with van der Waals surface area (Å²) >= 11 is 0. The molecule has 14 nitrogen and oxygen atoms in total. The molecule has 4 fully saturated rings. The smallest absolute Gasteiger partial charge is 0.482 e. The summed E-state index contributed by atoms with van der Waals surface area (Å²) in [6.07, 6.45) is 1.44. The van der Waals surface area contributed by atoms with Crippen molar-refractivity contribution in [3.8, 4) is 5.75 Å². The third-order valence-electron chi connectivity index (χ3n) is 10.5. The molecule has 3 saturated carbocycles. The van der Waals surface area contributed by atoms with E-state index in [1.807, 2.05) is 6.07 Å². The Hall–Kier alpha value is -3.69. The molecular formula is C36H54BN5O9. The highest BCUT2D eigenvalue weighted by molar-refractivity contribution is 6.48. The van der Waals surface area contributed by atoms with Crippen LogP contribution in [0.1, 0.15) is 102 Å². The number of hydrogen-bond donors (Lipinski definition) is 2. The number of hydrogen-bond acceptors (Lipinski definition) is 11. The fraction of sp³-hybridized carbons (Fsp3) is 0.694. The SMILES string of the molecule is COc1c(C[C@H](NC(=O)Cn2nnc(CO)c2CN(C)C(=O)OC(C)(C)C)B2O[C@@H]3C[C@@H]4C[C@@H](C4(C)C)[C@]3(C)O2)cccc1C(=O)OC(C)(C)C. The molecular weight excluding hydrogens is 657 g/mol. The van der Waals surface area contributed by atoms with Crippen LogP contribution in [-0.2, 0) is 49.7 Å². The van der Waals surface area contributed by atoms with E-state index in [2.05, 4.69) is 36.4 Å². The highest BCUT2D eigenvalue weighted by atomic mass is 16.7. The predicted molar refractivity (Wildman–Crippen MR) is 188 cm³/mol. The minimum Gasteiger partial charge on any atom is -0.496 e. The van der Waals surface area contributed by atoms with Crippen LogP contribution >= 0.6 is 0 Å². The van der Waals surface area contributed by atoms with Crippen LogP contribution in [0.15, 0.2) is 18.2 Å². The average molecular weight is 712 g/mol. The van der Waals surface area contributed by atoms with Gasteiger partial charge in [0.05, 0.1) is 43.6 Å². The molecule has 4 aliphatic rings. The van der Waals surface area contributed by atoms with Crippen LogP contribution in [0, 0.1) is 17.3 Å². The quantitative estimate of drug-likeness (QED) is 0.255. The minimum absolute atomic E-state index is 0.00358. The van der Waals surface area contributed by atoms with Crippen molar-refractivity contribution >= 4 is 25.1 Å². The van der Waals surface area contributed by atoms with Crippen molar-refractivity contribution in [2.24, 2.45) is 17.3 Å². The van der Waals surface area contributed by atoms with Crippen molar-refractivity contribution in [2.75, 3.05) is 14.2 Å². The molecule has 5 atom stereocenters. The summed E-state index contributed by atoms with van der Waals surface area (Å²) in [5, 5.41) is 21.3. The fourth-order valence-electron chi connectivity index (χ4n) is 7.81. The summed E-state index contributed by atoms with van der Waals surface area (Å²) < 4.78 is 31.7. The Morgan fingerprint density at radius 2 is 1.80 bits per heavy atom. The molecule has 280 valence electrons. The first-order valence-corrected chi connectivity index (χ1v) is 17.6. The van der Waals surface area contributed by atoms with Crippen molar-refractivity contribution in [3.63, 3.8) is 0 Å². The zero-order valence-electron chi connectivity index (χ0n) is 31.9. The Morgan fingerprint density at radius 3 is 2.41 bits per heavy atom. The Labute approximate surface area is 301 Å².